The van der Waals surface area contributed by atoms with Crippen molar-refractivity contribution in [2.45, 2.75) is 53.2 Å². The summed E-state index contributed by atoms with van der Waals surface area (Å²) < 4.78 is 71.1. The molecule has 3 aromatic carbocycles. The van der Waals surface area contributed by atoms with E-state index in [0.717, 1.165) is 24.3 Å². The number of carbonyl (C=O) groups excluding carboxylic acids is 3. The molecule has 4 aromatic rings. The Morgan fingerprint density at radius 3 is 2.10 bits per heavy atom. The number of fused-ring (bicyclic) bond motifs is 2. The first-order valence-electron chi connectivity index (χ1n) is 21.1. The number of hydrogen-bond donors (Lipinski definition) is 15. The maximum absolute atomic E-state index is 13.8. The van der Waals surface area contributed by atoms with Crippen LogP contribution in [0.2, 0.25) is 0 Å². The number of carbonyl (C=O) groups is 3. The highest BCUT2D eigenvalue weighted by Gasteiger charge is 2.37. The second kappa shape index (κ2) is 22.3. The highest BCUT2D eigenvalue weighted by Crippen LogP contribution is 2.41. The number of aliphatic imine (C=N–C) groups is 1. The van der Waals surface area contributed by atoms with Crippen LogP contribution in [-0.2, 0) is 25.0 Å². The van der Waals surface area contributed by atoms with E-state index < -0.39 is 95.2 Å². The Morgan fingerprint density at radius 1 is 0.814 bits per heavy atom. The fourth-order valence-electron chi connectivity index (χ4n) is 7.07. The first-order chi connectivity index (χ1) is 33.0. The fourth-order valence-corrected chi connectivity index (χ4v) is 8.39. The van der Waals surface area contributed by atoms with Gasteiger partial charge >= 0.3 is 0 Å². The first kappa shape index (κ1) is 52.6. The van der Waals surface area contributed by atoms with Crippen molar-refractivity contribution in [2.75, 3.05) is 72.8 Å². The average molecular weight is 1010 g/mol. The molecule has 376 valence electrons. The van der Waals surface area contributed by atoms with Gasteiger partial charge in [0.05, 0.1) is 53.0 Å². The molecule has 0 saturated carbocycles. The third-order valence-corrected chi connectivity index (χ3v) is 12.3. The maximum Gasteiger partial charge on any atom is 0.296 e. The average Bonchev–Trinajstić information content (AvgIpc) is 3.30. The molecule has 1 aromatic heterocycles. The zero-order valence-electron chi connectivity index (χ0n) is 36.6. The topological polar surface area (TPSA) is 459 Å². The number of nitrogens with one attached hydrogen (secondary N) is 6. The predicted octanol–water partition coefficient (Wildman–Crippen LogP) is -3.02. The van der Waals surface area contributed by atoms with Gasteiger partial charge in [0.1, 0.15) is 22.0 Å². The Morgan fingerprint density at radius 2 is 1.46 bits per heavy atom. The summed E-state index contributed by atoms with van der Waals surface area (Å²) in [6.45, 7) is -0.691. The molecule has 6 rings (SSSR count). The Kier molecular flexibility index (Phi) is 16.8. The van der Waals surface area contributed by atoms with E-state index in [9.17, 15) is 71.0 Å². The maximum atomic E-state index is 13.8. The molecule has 2 unspecified atom stereocenters. The number of aliphatic hydroxyl groups excluding tert-OH is 5. The molecular formula is C41H49N12O15S2-. The Labute approximate surface area is 398 Å². The molecule has 27 nitrogen and oxygen atoms in total. The number of hydrogen-bond acceptors (Lipinski definition) is 24. The zero-order valence-corrected chi connectivity index (χ0v) is 38.2. The first-order valence-corrected chi connectivity index (χ1v) is 24.0. The number of amides is 1. The normalized spacial score (nSPS) is 18.0. The quantitative estimate of drug-likeness (QED) is 0.0108. The number of benzene rings is 3. The van der Waals surface area contributed by atoms with Crippen molar-refractivity contribution in [3.63, 3.8) is 0 Å². The van der Waals surface area contributed by atoms with Crippen LogP contribution in [-0.4, -0.2) is 166 Å². The molecule has 70 heavy (non-hydrogen) atoms. The Balaban J connectivity index is 1.24. The molecule has 0 saturated heterocycles. The molecule has 1 amide bonds. The van der Waals surface area contributed by atoms with Gasteiger partial charge < -0.3 is 79.0 Å². The molecular weight excluding hydrogens is 965 g/mol. The molecule has 0 aliphatic heterocycles. The van der Waals surface area contributed by atoms with Gasteiger partial charge in [-0.25, -0.2) is 0 Å². The number of nitrogens with zero attached hydrogens (tertiary/aromatic N) is 4. The smallest absolute Gasteiger partial charge is 0.296 e. The van der Waals surface area contributed by atoms with Crippen molar-refractivity contribution in [3.05, 3.63) is 82.4 Å². The predicted molar refractivity (Wildman–Crippen MR) is 248 cm³/mol. The summed E-state index contributed by atoms with van der Waals surface area (Å²) in [4.78, 5) is 54.8. The molecule has 5 atom stereocenters. The van der Waals surface area contributed by atoms with Crippen LogP contribution in [0, 0.1) is 0 Å². The molecule has 2 aliphatic rings. The van der Waals surface area contributed by atoms with Crippen LogP contribution in [0.1, 0.15) is 44.7 Å². The summed E-state index contributed by atoms with van der Waals surface area (Å²) in [6.07, 6.45) is -5.15. The fraction of sp³-hybridized carbons (Fsp3) is 0.341. The molecule has 2 aliphatic carbocycles. The van der Waals surface area contributed by atoms with Gasteiger partial charge in [-0.15, -0.1) is 0 Å². The van der Waals surface area contributed by atoms with Crippen molar-refractivity contribution < 1.29 is 71.0 Å². The van der Waals surface area contributed by atoms with Crippen LogP contribution < -0.4 is 48.5 Å². The summed E-state index contributed by atoms with van der Waals surface area (Å²) in [7, 11) is -10.3. The molecule has 0 fully saturated rings. The lowest BCUT2D eigenvalue weighted by molar-refractivity contribution is -0.218. The van der Waals surface area contributed by atoms with Crippen molar-refractivity contribution >= 4 is 84.2 Å². The number of nitrogens with two attached hydrogens (primary N) is 2. The van der Waals surface area contributed by atoms with E-state index in [0.29, 0.717) is 0 Å². The highest BCUT2D eigenvalue weighted by atomic mass is 32.2. The van der Waals surface area contributed by atoms with E-state index in [1.54, 1.807) is 0 Å². The van der Waals surface area contributed by atoms with Crippen LogP contribution >= 0.6 is 0 Å². The van der Waals surface area contributed by atoms with Crippen molar-refractivity contribution in [3.8, 4) is 0 Å². The number of nitrogen functional groups attached to an aromatic ring is 1. The Bertz CT molecular complexity index is 2940. The van der Waals surface area contributed by atoms with E-state index in [2.05, 4.69) is 51.8 Å². The molecule has 0 spiro atoms. The van der Waals surface area contributed by atoms with E-state index in [4.69, 9.17) is 11.5 Å². The van der Waals surface area contributed by atoms with Crippen LogP contribution in [0.4, 0.5) is 40.6 Å². The van der Waals surface area contributed by atoms with Crippen LogP contribution in [0.25, 0.3) is 0 Å². The zero-order chi connectivity index (χ0) is 51.1. The number of ketones is 2. The van der Waals surface area contributed by atoms with Gasteiger partial charge in [-0.05, 0) is 42.7 Å². The summed E-state index contributed by atoms with van der Waals surface area (Å²) >= 11 is 0. The van der Waals surface area contributed by atoms with Gasteiger partial charge in [0.25, 0.3) is 20.2 Å². The SMILES string of the molecule is NCC(O)CNCC([O-])=NCC(O)CNc1nc(NCCCNC(=O)C2=C[C@@H](O)[C@@H](O)[C@H](O)C2)nc(Nc2ccc(Nc3cc(S(=O)(=O)O)c(N)c4c3C(=O)c3ccccc3C4=O)cc2S(=O)(=O)O)n1. The van der Waals surface area contributed by atoms with Crippen molar-refractivity contribution in [1.29, 1.82) is 0 Å². The van der Waals surface area contributed by atoms with Gasteiger partial charge in [0.2, 0.25) is 23.8 Å². The molecule has 17 N–H and O–H groups in total. The lowest BCUT2D eigenvalue weighted by atomic mass is 9.82. The minimum atomic E-state index is -5.15. The number of aliphatic hydroxyl groups is 5. The van der Waals surface area contributed by atoms with Crippen LogP contribution in [0.3, 0.4) is 0 Å². The molecule has 0 radical (unpaired) electrons. The van der Waals surface area contributed by atoms with Crippen molar-refractivity contribution in [1.82, 2.24) is 25.6 Å². The minimum Gasteiger partial charge on any atom is -0.861 e. The van der Waals surface area contributed by atoms with E-state index in [1.807, 2.05) is 0 Å². The van der Waals surface area contributed by atoms with E-state index in [-0.39, 0.29) is 116 Å². The summed E-state index contributed by atoms with van der Waals surface area (Å²) in [5.74, 6) is -3.50. The number of rotatable bonds is 22. The number of aromatic nitrogens is 3. The molecule has 1 heterocycles. The highest BCUT2D eigenvalue weighted by molar-refractivity contribution is 7.86. The Hall–Kier alpha value is -6.77. The molecule has 0 bridgehead atoms. The van der Waals surface area contributed by atoms with Crippen LogP contribution in [0.15, 0.2) is 75.0 Å². The van der Waals surface area contributed by atoms with Gasteiger partial charge in [0, 0.05) is 68.1 Å². The van der Waals surface area contributed by atoms with Gasteiger partial charge in [-0.3, -0.25) is 23.5 Å². The van der Waals surface area contributed by atoms with Gasteiger partial charge in [0.15, 0.2) is 11.6 Å². The second-order valence-corrected chi connectivity index (χ2v) is 18.6. The third kappa shape index (κ3) is 12.9. The van der Waals surface area contributed by atoms with Gasteiger partial charge in [-0.2, -0.15) is 31.8 Å². The number of anilines is 7. The minimum absolute atomic E-state index is 0.0227. The monoisotopic (exact) mass is 1010 g/mol. The molecule has 29 heteroatoms. The summed E-state index contributed by atoms with van der Waals surface area (Å²) in [5.41, 5.74) is 8.80. The van der Waals surface area contributed by atoms with Gasteiger partial charge in [-0.1, -0.05) is 24.3 Å². The lowest BCUT2D eigenvalue weighted by Crippen LogP contribution is -2.42. The van der Waals surface area contributed by atoms with Crippen LogP contribution in [0.5, 0.6) is 0 Å². The second-order valence-electron chi connectivity index (χ2n) is 15.8. The van der Waals surface area contributed by atoms with Crippen molar-refractivity contribution in [2.24, 2.45) is 10.7 Å². The largest absolute Gasteiger partial charge is 0.861 e. The third-order valence-electron chi connectivity index (χ3n) is 10.6. The van der Waals surface area contributed by atoms with E-state index >= 15 is 0 Å². The summed E-state index contributed by atoms with van der Waals surface area (Å²) in [5, 5.41) is 78.2. The van der Waals surface area contributed by atoms with E-state index in [1.165, 1.54) is 30.3 Å². The summed E-state index contributed by atoms with van der Waals surface area (Å²) in [6, 6.07) is 9.69. The standard InChI is InChI=1S/C41H50N12O15S2/c42-14-21(54)15-44-18-31(58)47-16-22(55)17-48-40-51-39(46-9-3-8-45-38(62)19-10-27(56)37(61)28(57)11-19)52-41(53-40)50-25-7-6-20(12-29(25)69(63,64)65)49-26-13-30(70(66,67)68)34(43)33-32(26)35(59)23-4-1-2-5-24(23)36(33)60/h1-2,4-7,10,12-13,21-22,27-28,37,44,49,54-57,61H,3,8-9,11,14-18,42-43H2,(H,45,62)(H,47,58)(H,63,64,65)(H,66,67,68)(H3,46,48,50,51,52,53)/p-1/t21?,22?,27-,28-,37-/m1/s1. The lowest BCUT2D eigenvalue weighted by Gasteiger charge is -2.27.